The molecular formula is C21H16F3N6OS2-. The second kappa shape index (κ2) is 8.86. The molecule has 0 aliphatic carbocycles. The van der Waals surface area contributed by atoms with Crippen LogP contribution in [0.1, 0.15) is 11.1 Å². The summed E-state index contributed by atoms with van der Waals surface area (Å²) in [5, 5.41) is 14.7. The van der Waals surface area contributed by atoms with Gasteiger partial charge in [0.05, 0.1) is 10.4 Å². The van der Waals surface area contributed by atoms with Crippen molar-refractivity contribution in [2.24, 2.45) is 5.73 Å². The lowest BCUT2D eigenvalue weighted by Gasteiger charge is -2.45. The number of carbonyl (C=O) groups excluding carboxylic acids is 1. The topological polar surface area (TPSA) is 117 Å². The number of pyridine rings is 2. The van der Waals surface area contributed by atoms with Crippen molar-refractivity contribution in [1.29, 1.82) is 5.26 Å². The number of anilines is 2. The fourth-order valence-corrected chi connectivity index (χ4v) is 6.53. The van der Waals surface area contributed by atoms with Crippen LogP contribution in [0.25, 0.3) is 10.9 Å². The van der Waals surface area contributed by atoms with Gasteiger partial charge in [0.1, 0.15) is 17.4 Å². The fourth-order valence-electron chi connectivity index (χ4n) is 3.34. The molecule has 1 aromatic carbocycles. The van der Waals surface area contributed by atoms with Gasteiger partial charge in [0, 0.05) is 29.0 Å². The van der Waals surface area contributed by atoms with Gasteiger partial charge in [-0.1, -0.05) is 4.58 Å². The van der Waals surface area contributed by atoms with E-state index < -0.39 is 39.0 Å². The number of hydrogen-bond acceptors (Lipinski definition) is 7. The lowest BCUT2D eigenvalue weighted by atomic mass is 10.0. The van der Waals surface area contributed by atoms with E-state index in [1.807, 2.05) is 11.4 Å². The minimum Gasteiger partial charge on any atom is -0.410 e. The van der Waals surface area contributed by atoms with Gasteiger partial charge < -0.3 is 32.4 Å². The van der Waals surface area contributed by atoms with Crippen LogP contribution in [0.15, 0.2) is 42.7 Å². The Bertz CT molecular complexity index is 1370. The third-order valence-electron chi connectivity index (χ3n) is 4.93. The van der Waals surface area contributed by atoms with Crippen molar-refractivity contribution < 1.29 is 18.0 Å². The molecule has 2 atom stereocenters. The molecule has 0 radical (unpaired) electrons. The van der Waals surface area contributed by atoms with E-state index in [0.717, 1.165) is 12.1 Å². The number of nitrogens with zero attached hydrogens (tertiary/aromatic N) is 3. The highest BCUT2D eigenvalue weighted by atomic mass is 32.2. The quantitative estimate of drug-likeness (QED) is 0.371. The van der Waals surface area contributed by atoms with Gasteiger partial charge in [0.15, 0.2) is 5.82 Å². The van der Waals surface area contributed by atoms with Crippen LogP contribution in [0.4, 0.5) is 29.5 Å². The van der Waals surface area contributed by atoms with E-state index >= 15 is 0 Å². The highest BCUT2D eigenvalue weighted by molar-refractivity contribution is 8.19. The van der Waals surface area contributed by atoms with E-state index in [9.17, 15) is 18.0 Å². The molecule has 12 heteroatoms. The summed E-state index contributed by atoms with van der Waals surface area (Å²) in [4.78, 5) is 17.6. The minimum atomic E-state index is -3.23. The summed E-state index contributed by atoms with van der Waals surface area (Å²) in [5.74, 6) is -0.180. The maximum absolute atomic E-state index is 14.9. The highest BCUT2D eigenvalue weighted by Crippen LogP contribution is 2.44. The summed E-state index contributed by atoms with van der Waals surface area (Å²) in [5.41, 5.74) is 11.8. The van der Waals surface area contributed by atoms with E-state index in [0.29, 0.717) is 22.2 Å². The number of benzene rings is 1. The molecule has 33 heavy (non-hydrogen) atoms. The molecule has 0 bridgehead atoms. The molecule has 2 amide bonds. The number of urea groups is 1. The highest BCUT2D eigenvalue weighted by Gasteiger charge is 2.42. The number of nitriles is 1. The molecule has 1 aliphatic heterocycles. The number of alkyl halides is 2. The fraction of sp³-hybridized carbons (Fsp3) is 0.190. The van der Waals surface area contributed by atoms with Crippen molar-refractivity contribution in [1.82, 2.24) is 15.3 Å². The van der Waals surface area contributed by atoms with Crippen LogP contribution < -0.4 is 16.4 Å². The standard InChI is InChI=1S/C21H16F3N6OS2/c1-33(16-10-32-16)21(19(23)24,30-20(26)31)14-7-13(2-3-15(14)22)29-18-17-12(4-5-27-18)6-11(8-25)9-28-17/h1-7,9,16,19H,10H2,(H,27,29)(H3,26,30,31)/q-1. The molecule has 4 rings (SSSR count). The van der Waals surface area contributed by atoms with Gasteiger partial charge >= 0.3 is 6.03 Å². The Labute approximate surface area is 193 Å². The van der Waals surface area contributed by atoms with Crippen LogP contribution in [0.3, 0.4) is 0 Å². The molecule has 170 valence electrons. The lowest BCUT2D eigenvalue weighted by Crippen LogP contribution is -2.56. The van der Waals surface area contributed by atoms with Crippen molar-refractivity contribution in [3.05, 3.63) is 59.7 Å². The molecule has 4 N–H and O–H groups in total. The summed E-state index contributed by atoms with van der Waals surface area (Å²) in [6.07, 6.45) is -0.374. The van der Waals surface area contributed by atoms with Gasteiger partial charge in [-0.25, -0.2) is 22.9 Å². The van der Waals surface area contributed by atoms with E-state index in [2.05, 4.69) is 15.3 Å². The number of nitrogens with two attached hydrogens (primary N) is 1. The summed E-state index contributed by atoms with van der Waals surface area (Å²) in [7, 11) is -1.63. The average molecular weight is 490 g/mol. The monoisotopic (exact) mass is 489 g/mol. The number of aromatic nitrogens is 2. The molecular weight excluding hydrogens is 473 g/mol. The van der Waals surface area contributed by atoms with Gasteiger partial charge in [0.25, 0.3) is 0 Å². The number of rotatable bonds is 5. The maximum atomic E-state index is 14.9. The number of thioether (sulfide) groups is 1. The Morgan fingerprint density at radius 2 is 2.12 bits per heavy atom. The first-order chi connectivity index (χ1) is 15.8. The number of halogens is 3. The Balaban J connectivity index is 1.81. The first-order valence-electron chi connectivity index (χ1n) is 9.43. The Morgan fingerprint density at radius 1 is 1.36 bits per heavy atom. The Kier molecular flexibility index (Phi) is 6.12. The molecule has 1 fully saturated rings. The second-order valence-electron chi connectivity index (χ2n) is 7.05. The molecule has 0 saturated carbocycles. The third-order valence-corrected chi connectivity index (χ3v) is 8.79. The zero-order valence-corrected chi connectivity index (χ0v) is 18.4. The summed E-state index contributed by atoms with van der Waals surface area (Å²) >= 11 is 1.34. The second-order valence-corrected chi connectivity index (χ2v) is 10.5. The van der Waals surface area contributed by atoms with E-state index in [4.69, 9.17) is 16.7 Å². The minimum absolute atomic E-state index is 0.217. The molecule has 2 aromatic heterocycles. The van der Waals surface area contributed by atoms with Crippen molar-refractivity contribution in [3.63, 3.8) is 0 Å². The van der Waals surface area contributed by atoms with Gasteiger partial charge in [-0.3, -0.25) is 4.98 Å². The van der Waals surface area contributed by atoms with E-state index in [-0.39, 0.29) is 16.1 Å². The van der Waals surface area contributed by atoms with Crippen LogP contribution in [-0.4, -0.2) is 32.8 Å². The molecule has 3 aromatic rings. The van der Waals surface area contributed by atoms with Gasteiger partial charge in [0.2, 0.25) is 6.43 Å². The van der Waals surface area contributed by atoms with Gasteiger partial charge in [-0.05, 0) is 36.1 Å². The largest absolute Gasteiger partial charge is 0.410 e. The zero-order valence-electron chi connectivity index (χ0n) is 16.8. The normalized spacial score (nSPS) is 16.9. The molecule has 1 saturated heterocycles. The van der Waals surface area contributed by atoms with Crippen LogP contribution in [0.5, 0.6) is 0 Å². The molecule has 7 nitrogen and oxygen atoms in total. The van der Waals surface area contributed by atoms with Crippen LogP contribution >= 0.6 is 11.8 Å². The lowest BCUT2D eigenvalue weighted by molar-refractivity contribution is 0.0820. The third kappa shape index (κ3) is 4.30. The van der Waals surface area contributed by atoms with Crippen LogP contribution in [0.2, 0.25) is 0 Å². The summed E-state index contributed by atoms with van der Waals surface area (Å²) < 4.78 is 43.5. The molecule has 2 unspecified atom stereocenters. The van der Waals surface area contributed by atoms with Crippen LogP contribution in [-0.2, 0) is 15.2 Å². The number of primary amides is 1. The van der Waals surface area contributed by atoms with E-state index in [1.165, 1.54) is 30.2 Å². The number of carbonyl (C=O) groups is 1. The van der Waals surface area contributed by atoms with Crippen molar-refractivity contribution >= 4 is 50.5 Å². The van der Waals surface area contributed by atoms with Crippen molar-refractivity contribution in [2.45, 2.75) is 15.9 Å². The van der Waals surface area contributed by atoms with Gasteiger partial charge in [-0.15, -0.1) is 0 Å². The summed E-state index contributed by atoms with van der Waals surface area (Å²) in [6, 6.07) is 7.53. The first kappa shape index (κ1) is 22.8. The van der Waals surface area contributed by atoms with Gasteiger partial charge in [-0.2, -0.15) is 17.0 Å². The van der Waals surface area contributed by atoms with Crippen molar-refractivity contribution in [2.75, 3.05) is 11.1 Å². The number of amides is 2. The Morgan fingerprint density at radius 3 is 2.76 bits per heavy atom. The number of fused-ring (bicyclic) bond motifs is 1. The Hall–Kier alpha value is -3.39. The molecule has 1 aliphatic rings. The van der Waals surface area contributed by atoms with E-state index in [1.54, 1.807) is 12.1 Å². The molecule has 0 spiro atoms. The SMILES string of the molecule is C#[S-](C1CS1)C(NC(N)=O)(c1cc(Nc2nccc3cc(C#N)cnc23)ccc1F)C(F)F. The smallest absolute Gasteiger partial charge is 0.311 e. The van der Waals surface area contributed by atoms with Crippen LogP contribution in [0, 0.1) is 22.8 Å². The number of hydrogen-bond donors (Lipinski definition) is 3. The first-order valence-corrected chi connectivity index (χ1v) is 11.8. The predicted molar refractivity (Wildman–Crippen MR) is 123 cm³/mol. The predicted octanol–water partition coefficient (Wildman–Crippen LogP) is 3.75. The number of nitrogens with one attached hydrogen (secondary N) is 2. The van der Waals surface area contributed by atoms with Crippen molar-refractivity contribution in [3.8, 4) is 11.8 Å². The zero-order chi connectivity index (χ0) is 23.8. The summed E-state index contributed by atoms with van der Waals surface area (Å²) in [6.45, 7) is 0. The maximum Gasteiger partial charge on any atom is 0.311 e. The average Bonchev–Trinajstić information content (AvgIpc) is 3.63. The molecule has 3 heterocycles.